The molecule has 26 heavy (non-hydrogen) atoms. The van der Waals surface area contributed by atoms with Crippen molar-refractivity contribution in [2.45, 2.75) is 13.3 Å². The molecule has 0 fully saturated rings. The molecular weight excluding hydrogens is 330 g/mol. The van der Waals surface area contributed by atoms with Crippen molar-refractivity contribution >= 4 is 22.6 Å². The summed E-state index contributed by atoms with van der Waals surface area (Å²) < 4.78 is 4.93. The van der Waals surface area contributed by atoms with Crippen molar-refractivity contribution in [3.63, 3.8) is 0 Å². The first-order chi connectivity index (χ1) is 12.7. The Kier molecular flexibility index (Phi) is 5.80. The summed E-state index contributed by atoms with van der Waals surface area (Å²) in [6, 6.07) is 9.90. The van der Waals surface area contributed by atoms with Crippen LogP contribution in [0.1, 0.15) is 21.9 Å². The second-order valence-electron chi connectivity index (χ2n) is 5.97. The van der Waals surface area contributed by atoms with Gasteiger partial charge in [-0.2, -0.15) is 0 Å². The van der Waals surface area contributed by atoms with E-state index in [2.05, 4.69) is 37.7 Å². The number of methoxy groups -OCH3 is 1. The smallest absolute Gasteiger partial charge is 0.270 e. The molecule has 0 aliphatic heterocycles. The Balaban J connectivity index is 1.61. The molecule has 3 rings (SSSR count). The van der Waals surface area contributed by atoms with Gasteiger partial charge >= 0.3 is 0 Å². The van der Waals surface area contributed by atoms with E-state index in [-0.39, 0.29) is 5.91 Å². The van der Waals surface area contributed by atoms with Gasteiger partial charge in [0, 0.05) is 43.4 Å². The normalized spacial score (nSPS) is 10.8. The topological polar surface area (TPSA) is 91.9 Å². The second-order valence-corrected chi connectivity index (χ2v) is 5.97. The Labute approximate surface area is 152 Å². The van der Waals surface area contributed by atoms with Gasteiger partial charge in [-0.1, -0.05) is 18.2 Å². The summed E-state index contributed by atoms with van der Waals surface area (Å²) in [5.74, 6) is 0.973. The van der Waals surface area contributed by atoms with Crippen LogP contribution in [-0.4, -0.2) is 47.7 Å². The summed E-state index contributed by atoms with van der Waals surface area (Å²) in [7, 11) is 1.59. The second kappa shape index (κ2) is 8.44. The quantitative estimate of drug-likeness (QED) is 0.541. The number of para-hydroxylation sites is 1. The van der Waals surface area contributed by atoms with E-state index in [0.717, 1.165) is 11.9 Å². The molecule has 2 heterocycles. The highest BCUT2D eigenvalue weighted by molar-refractivity contribution is 5.92. The van der Waals surface area contributed by atoms with E-state index in [1.165, 1.54) is 10.9 Å². The summed E-state index contributed by atoms with van der Waals surface area (Å²) >= 11 is 0. The van der Waals surface area contributed by atoms with Crippen molar-refractivity contribution in [3.05, 3.63) is 53.6 Å². The first-order valence-electron chi connectivity index (χ1n) is 8.59. The minimum absolute atomic E-state index is 0.229. The lowest BCUT2D eigenvalue weighted by Crippen LogP contribution is -2.28. The molecule has 0 atom stereocenters. The van der Waals surface area contributed by atoms with E-state index >= 15 is 0 Å². The molecule has 0 saturated heterocycles. The number of hydrogen-bond donors (Lipinski definition) is 3. The van der Waals surface area contributed by atoms with Crippen molar-refractivity contribution in [2.24, 2.45) is 0 Å². The van der Waals surface area contributed by atoms with Gasteiger partial charge in [-0.3, -0.25) is 4.79 Å². The maximum absolute atomic E-state index is 12.1. The van der Waals surface area contributed by atoms with E-state index in [4.69, 9.17) is 4.74 Å². The molecule has 0 spiro atoms. The zero-order valence-electron chi connectivity index (χ0n) is 15.0. The van der Waals surface area contributed by atoms with E-state index in [1.54, 1.807) is 20.1 Å². The molecule has 136 valence electrons. The fourth-order valence-corrected chi connectivity index (χ4v) is 2.80. The number of benzene rings is 1. The first-order valence-corrected chi connectivity index (χ1v) is 8.59. The maximum Gasteiger partial charge on any atom is 0.270 e. The van der Waals surface area contributed by atoms with Crippen LogP contribution in [0.4, 0.5) is 5.82 Å². The predicted octanol–water partition coefficient (Wildman–Crippen LogP) is 2.30. The lowest BCUT2D eigenvalue weighted by atomic mass is 10.1. The van der Waals surface area contributed by atoms with Crippen LogP contribution in [0.2, 0.25) is 0 Å². The van der Waals surface area contributed by atoms with Crippen LogP contribution >= 0.6 is 0 Å². The van der Waals surface area contributed by atoms with Gasteiger partial charge in [-0.05, 0) is 25.0 Å². The molecule has 0 aliphatic carbocycles. The third-order valence-corrected chi connectivity index (χ3v) is 4.04. The molecule has 0 unspecified atom stereocenters. The number of anilines is 1. The molecule has 1 amide bonds. The van der Waals surface area contributed by atoms with Gasteiger partial charge in [-0.15, -0.1) is 0 Å². The number of nitrogens with one attached hydrogen (secondary N) is 3. The van der Waals surface area contributed by atoms with Crippen LogP contribution in [0.15, 0.2) is 36.5 Å². The fraction of sp³-hybridized carbons (Fsp3) is 0.316. The van der Waals surface area contributed by atoms with Gasteiger partial charge in [0.2, 0.25) is 0 Å². The van der Waals surface area contributed by atoms with Gasteiger partial charge in [0.05, 0.1) is 6.61 Å². The number of aromatic nitrogens is 3. The predicted molar refractivity (Wildman–Crippen MR) is 101 cm³/mol. The number of nitrogens with zero attached hydrogens (tertiary/aromatic N) is 2. The number of aryl methyl sites for hydroxylation is 1. The zero-order chi connectivity index (χ0) is 18.4. The van der Waals surface area contributed by atoms with Crippen molar-refractivity contribution in [1.82, 2.24) is 20.3 Å². The lowest BCUT2D eigenvalue weighted by molar-refractivity contribution is 0.0931. The number of hydrogen-bond acceptors (Lipinski definition) is 5. The molecule has 0 aliphatic rings. The van der Waals surface area contributed by atoms with Crippen LogP contribution in [0.5, 0.6) is 0 Å². The summed E-state index contributed by atoms with van der Waals surface area (Å²) in [6.45, 7) is 3.40. The van der Waals surface area contributed by atoms with Gasteiger partial charge in [0.25, 0.3) is 5.91 Å². The van der Waals surface area contributed by atoms with Crippen LogP contribution in [-0.2, 0) is 11.2 Å². The standard InChI is InChI=1S/C19H23N5O2/c1-13-23-17(19(25)21-9-10-26-2)11-18(24-13)20-8-7-14-12-22-16-6-4-3-5-15(14)16/h3-6,11-12,22H,7-10H2,1-2H3,(H,21,25)(H,20,23,24). The Morgan fingerprint density at radius 3 is 2.92 bits per heavy atom. The fourth-order valence-electron chi connectivity index (χ4n) is 2.80. The molecule has 7 nitrogen and oxygen atoms in total. The minimum Gasteiger partial charge on any atom is -0.383 e. The first kappa shape index (κ1) is 17.9. The number of H-pyrrole nitrogens is 1. The van der Waals surface area contributed by atoms with Crippen LogP contribution in [0.25, 0.3) is 10.9 Å². The molecule has 0 saturated carbocycles. The minimum atomic E-state index is -0.229. The molecule has 3 N–H and O–H groups in total. The number of fused-ring (bicyclic) bond motifs is 1. The van der Waals surface area contributed by atoms with Crippen molar-refractivity contribution in [3.8, 4) is 0 Å². The van der Waals surface area contributed by atoms with Crippen molar-refractivity contribution in [1.29, 1.82) is 0 Å². The van der Waals surface area contributed by atoms with E-state index < -0.39 is 0 Å². The zero-order valence-corrected chi connectivity index (χ0v) is 15.0. The lowest BCUT2D eigenvalue weighted by Gasteiger charge is -2.09. The summed E-state index contributed by atoms with van der Waals surface area (Å²) in [5, 5.41) is 7.28. The summed E-state index contributed by atoms with van der Waals surface area (Å²) in [6.07, 6.45) is 2.88. The Hall–Kier alpha value is -2.93. The highest BCUT2D eigenvalue weighted by atomic mass is 16.5. The number of carbonyl (C=O) groups is 1. The monoisotopic (exact) mass is 353 g/mol. The third kappa shape index (κ3) is 4.37. The van der Waals surface area contributed by atoms with Gasteiger partial charge < -0.3 is 20.4 Å². The highest BCUT2D eigenvalue weighted by Gasteiger charge is 2.10. The summed E-state index contributed by atoms with van der Waals surface area (Å²) in [4.78, 5) is 24.0. The Morgan fingerprint density at radius 1 is 1.23 bits per heavy atom. The van der Waals surface area contributed by atoms with Gasteiger partial charge in [-0.25, -0.2) is 9.97 Å². The largest absolute Gasteiger partial charge is 0.383 e. The third-order valence-electron chi connectivity index (χ3n) is 4.04. The van der Waals surface area contributed by atoms with Gasteiger partial charge in [0.1, 0.15) is 17.3 Å². The molecule has 3 aromatic rings. The maximum atomic E-state index is 12.1. The number of aromatic amines is 1. The summed E-state index contributed by atoms with van der Waals surface area (Å²) in [5.41, 5.74) is 2.73. The average molecular weight is 353 g/mol. The van der Waals surface area contributed by atoms with Crippen LogP contribution < -0.4 is 10.6 Å². The molecule has 0 bridgehead atoms. The van der Waals surface area contributed by atoms with Crippen molar-refractivity contribution in [2.75, 3.05) is 32.1 Å². The highest BCUT2D eigenvalue weighted by Crippen LogP contribution is 2.18. The molecule has 2 aromatic heterocycles. The molecule has 0 radical (unpaired) electrons. The van der Waals surface area contributed by atoms with Crippen molar-refractivity contribution < 1.29 is 9.53 Å². The van der Waals surface area contributed by atoms with E-state index in [9.17, 15) is 4.79 Å². The average Bonchev–Trinajstić information content (AvgIpc) is 3.05. The number of amides is 1. The van der Waals surface area contributed by atoms with Crippen LogP contribution in [0.3, 0.4) is 0 Å². The molecule has 7 heteroatoms. The number of ether oxygens (including phenoxy) is 1. The Morgan fingerprint density at radius 2 is 2.08 bits per heavy atom. The Bertz CT molecular complexity index is 891. The molecule has 1 aromatic carbocycles. The van der Waals surface area contributed by atoms with Crippen LogP contribution in [0, 0.1) is 6.92 Å². The van der Waals surface area contributed by atoms with E-state index in [1.807, 2.05) is 18.3 Å². The van der Waals surface area contributed by atoms with E-state index in [0.29, 0.717) is 37.0 Å². The number of rotatable bonds is 8. The van der Waals surface area contributed by atoms with Gasteiger partial charge in [0.15, 0.2) is 0 Å². The molecular formula is C19H23N5O2. The number of carbonyl (C=O) groups excluding carboxylic acids is 1. The SMILES string of the molecule is COCCNC(=O)c1cc(NCCc2c[nH]c3ccccc23)nc(C)n1.